The lowest BCUT2D eigenvalue weighted by molar-refractivity contribution is -0.870. The summed E-state index contributed by atoms with van der Waals surface area (Å²) in [5.74, 6) is -0.483. The first kappa shape index (κ1) is 79.5. The largest absolute Gasteiger partial charge is 0.472 e. The molecule has 0 aromatic rings. The zero-order valence-corrected chi connectivity index (χ0v) is 56.0. The molecule has 81 heavy (non-hydrogen) atoms. The van der Waals surface area contributed by atoms with E-state index in [4.69, 9.17) is 13.8 Å². The normalized spacial score (nSPS) is 13.6. The molecule has 0 saturated carbocycles. The molecule has 0 aromatic heterocycles. The maximum absolute atomic E-state index is 13.6. The van der Waals surface area contributed by atoms with Crippen molar-refractivity contribution in [3.05, 3.63) is 24.3 Å². The molecule has 0 aliphatic rings. The third kappa shape index (κ3) is 62.8. The second kappa shape index (κ2) is 61.6. The van der Waals surface area contributed by atoms with Gasteiger partial charge < -0.3 is 19.4 Å². The van der Waals surface area contributed by atoms with Crippen LogP contribution < -0.4 is 5.32 Å². The van der Waals surface area contributed by atoms with Crippen molar-refractivity contribution in [2.24, 2.45) is 0 Å². The van der Waals surface area contributed by atoms with Crippen LogP contribution in [0.2, 0.25) is 0 Å². The first-order valence-corrected chi connectivity index (χ1v) is 37.2. The van der Waals surface area contributed by atoms with Crippen molar-refractivity contribution in [3.63, 3.8) is 0 Å². The summed E-state index contributed by atoms with van der Waals surface area (Å²) in [4.78, 5) is 37.9. The summed E-state index contributed by atoms with van der Waals surface area (Å²) in [6.45, 7) is 7.07. The van der Waals surface area contributed by atoms with Crippen LogP contribution >= 0.6 is 7.82 Å². The highest BCUT2D eigenvalue weighted by molar-refractivity contribution is 7.47. The molecule has 480 valence electrons. The quantitative estimate of drug-likeness (QED) is 0.0205. The minimum absolute atomic E-state index is 0.0445. The Morgan fingerprint density at radius 2 is 0.716 bits per heavy atom. The molecule has 9 nitrogen and oxygen atoms in total. The molecule has 0 rings (SSSR count). The topological polar surface area (TPSA) is 111 Å². The molecule has 0 fully saturated rings. The Morgan fingerprint density at radius 3 is 1.05 bits per heavy atom. The number of esters is 1. The smallest absolute Gasteiger partial charge is 0.456 e. The molecule has 2 N–H and O–H groups in total. The van der Waals surface area contributed by atoms with Gasteiger partial charge in [-0.3, -0.25) is 18.6 Å². The third-order valence-corrected chi connectivity index (χ3v) is 17.4. The fourth-order valence-electron chi connectivity index (χ4n) is 10.9. The lowest BCUT2D eigenvalue weighted by Crippen LogP contribution is -2.47. The highest BCUT2D eigenvalue weighted by Gasteiger charge is 2.30. The summed E-state index contributed by atoms with van der Waals surface area (Å²) in [5.41, 5.74) is 0. The molecule has 10 heteroatoms. The SMILES string of the molecule is CCCCCCCC/C=C/CCCCCCCCCCCCCCCC(=O)OC(/C=C/CCCCCCCCCCC)C(COP(=O)(O)OCC[N+](C)(C)C)NC(=O)CCCCCCCCCCCCCCCCCCCCCCC. The number of likely N-dealkylation sites (N-methyl/N-ethyl adjacent to an activating group) is 1. The van der Waals surface area contributed by atoms with E-state index in [2.05, 4.69) is 38.2 Å². The van der Waals surface area contributed by atoms with Gasteiger partial charge in [0.05, 0.1) is 33.8 Å². The van der Waals surface area contributed by atoms with Crippen LogP contribution in [0.5, 0.6) is 0 Å². The van der Waals surface area contributed by atoms with Crippen molar-refractivity contribution in [1.82, 2.24) is 5.32 Å². The van der Waals surface area contributed by atoms with Crippen molar-refractivity contribution in [1.29, 1.82) is 0 Å². The van der Waals surface area contributed by atoms with Crippen molar-refractivity contribution in [2.75, 3.05) is 40.9 Å². The van der Waals surface area contributed by atoms with E-state index in [1.807, 2.05) is 33.3 Å². The van der Waals surface area contributed by atoms with Gasteiger partial charge in [0.15, 0.2) is 0 Å². The summed E-state index contributed by atoms with van der Waals surface area (Å²) >= 11 is 0. The number of ether oxygens (including phenoxy) is 1. The van der Waals surface area contributed by atoms with Crippen LogP contribution in [0.4, 0.5) is 0 Å². The second-order valence-corrected chi connectivity index (χ2v) is 27.2. The molecule has 3 atom stereocenters. The average Bonchev–Trinajstić information content (AvgIpc) is 3.44. The zero-order valence-electron chi connectivity index (χ0n) is 55.1. The maximum atomic E-state index is 13.6. The summed E-state index contributed by atoms with van der Waals surface area (Å²) in [6.07, 6.45) is 74.8. The Hall–Kier alpha value is -1.51. The number of nitrogens with one attached hydrogen (secondary N) is 1. The van der Waals surface area contributed by atoms with Crippen LogP contribution in [0.3, 0.4) is 0 Å². The third-order valence-electron chi connectivity index (χ3n) is 16.4. The van der Waals surface area contributed by atoms with Crippen LogP contribution in [0.1, 0.15) is 367 Å². The van der Waals surface area contributed by atoms with E-state index in [0.717, 1.165) is 57.8 Å². The molecule has 0 spiro atoms. The molecule has 0 aliphatic heterocycles. The van der Waals surface area contributed by atoms with Gasteiger partial charge in [-0.15, -0.1) is 0 Å². The number of hydrogen-bond acceptors (Lipinski definition) is 6. The number of nitrogens with zero attached hydrogens (tertiary/aromatic N) is 1. The Bertz CT molecular complexity index is 1430. The number of phosphoric acid groups is 1. The van der Waals surface area contributed by atoms with Crippen molar-refractivity contribution in [2.45, 2.75) is 380 Å². The van der Waals surface area contributed by atoms with Crippen molar-refractivity contribution >= 4 is 19.7 Å². The van der Waals surface area contributed by atoms with E-state index < -0.39 is 20.0 Å². The van der Waals surface area contributed by atoms with Gasteiger partial charge in [-0.25, -0.2) is 4.57 Å². The second-order valence-electron chi connectivity index (χ2n) is 25.8. The van der Waals surface area contributed by atoms with Gasteiger partial charge in [0.2, 0.25) is 5.91 Å². The number of carbonyl (C=O) groups is 2. The van der Waals surface area contributed by atoms with Gasteiger partial charge in [-0.1, -0.05) is 322 Å². The molecule has 1 amide bonds. The van der Waals surface area contributed by atoms with Gasteiger partial charge in [0, 0.05) is 12.8 Å². The minimum atomic E-state index is -4.45. The minimum Gasteiger partial charge on any atom is -0.456 e. The first-order chi connectivity index (χ1) is 39.4. The molecule has 0 aromatic carbocycles. The fraction of sp³-hybridized carbons (Fsp3) is 0.915. The van der Waals surface area contributed by atoms with Gasteiger partial charge in [0.1, 0.15) is 19.3 Å². The van der Waals surface area contributed by atoms with Crippen molar-refractivity contribution in [3.8, 4) is 0 Å². The predicted molar refractivity (Wildman–Crippen MR) is 351 cm³/mol. The molecular formula is C71H140N2O7P+. The summed E-state index contributed by atoms with van der Waals surface area (Å²) in [7, 11) is 1.52. The number of unbranched alkanes of at least 4 members (excludes halogenated alkanes) is 48. The van der Waals surface area contributed by atoms with Gasteiger partial charge >= 0.3 is 13.8 Å². The number of allylic oxidation sites excluding steroid dienone is 3. The van der Waals surface area contributed by atoms with Crippen LogP contribution in [-0.4, -0.2) is 74.3 Å². The number of phosphoric ester groups is 1. The zero-order chi connectivity index (χ0) is 59.3. The Morgan fingerprint density at radius 1 is 0.420 bits per heavy atom. The van der Waals surface area contributed by atoms with Crippen LogP contribution in [-0.2, 0) is 27.9 Å². The molecule has 3 unspecified atom stereocenters. The fourth-order valence-corrected chi connectivity index (χ4v) is 11.6. The molecule has 0 heterocycles. The highest BCUT2D eigenvalue weighted by Crippen LogP contribution is 2.43. The van der Waals surface area contributed by atoms with E-state index >= 15 is 0 Å². The summed E-state index contributed by atoms with van der Waals surface area (Å²) < 4.78 is 30.8. The summed E-state index contributed by atoms with van der Waals surface area (Å²) in [5, 5.41) is 3.08. The van der Waals surface area contributed by atoms with Crippen molar-refractivity contribution < 1.29 is 37.3 Å². The Balaban J connectivity index is 5.00. The predicted octanol–water partition coefficient (Wildman–Crippen LogP) is 22.5. The molecular weight excluding hydrogens is 1020 g/mol. The van der Waals surface area contributed by atoms with E-state index in [1.54, 1.807) is 0 Å². The van der Waals surface area contributed by atoms with Crippen LogP contribution in [0.25, 0.3) is 0 Å². The highest BCUT2D eigenvalue weighted by atomic mass is 31.2. The number of amides is 1. The number of quaternary nitrogens is 1. The van der Waals surface area contributed by atoms with E-state index in [1.165, 1.54) is 276 Å². The van der Waals surface area contributed by atoms with Crippen LogP contribution in [0, 0.1) is 0 Å². The van der Waals surface area contributed by atoms with E-state index in [9.17, 15) is 19.0 Å². The average molecular weight is 1160 g/mol. The number of rotatable bonds is 66. The summed E-state index contributed by atoms with van der Waals surface area (Å²) in [6, 6.07) is -0.843. The monoisotopic (exact) mass is 1160 g/mol. The van der Waals surface area contributed by atoms with E-state index in [0.29, 0.717) is 23.9 Å². The molecule has 0 aliphatic carbocycles. The Kier molecular flexibility index (Phi) is 60.4. The van der Waals surface area contributed by atoms with E-state index in [-0.39, 0.29) is 25.1 Å². The molecule has 0 bridgehead atoms. The first-order valence-electron chi connectivity index (χ1n) is 35.7. The van der Waals surface area contributed by atoms with Gasteiger partial charge in [-0.2, -0.15) is 0 Å². The molecule has 0 radical (unpaired) electrons. The lowest BCUT2D eigenvalue weighted by Gasteiger charge is -2.27. The Labute approximate surface area is 504 Å². The molecule has 0 saturated heterocycles. The van der Waals surface area contributed by atoms with Crippen LogP contribution in [0.15, 0.2) is 24.3 Å². The lowest BCUT2D eigenvalue weighted by atomic mass is 10.0. The van der Waals surface area contributed by atoms with Gasteiger partial charge in [0.25, 0.3) is 0 Å². The standard InChI is InChI=1S/C71H139N2O7P/c1-7-10-13-16-19-22-25-27-29-31-33-35-36-38-40-42-44-46-49-52-55-58-61-64-71(75)80-69(62-59-56-53-50-47-24-21-18-15-12-9-3)68(67-79-81(76,77)78-66-65-73(4,5)6)72-70(74)63-60-57-54-51-48-45-43-41-39-37-34-32-30-28-26-23-20-17-14-11-8-2/h27,29,59,62,68-69H,7-26,28,30-58,60-61,63-67H2,1-6H3,(H-,72,74,76,77)/p+1/b29-27+,62-59+. The number of carbonyl (C=O) groups excluding carboxylic acids is 2. The van der Waals surface area contributed by atoms with Gasteiger partial charge in [-0.05, 0) is 57.4 Å². The number of hydrogen-bond donors (Lipinski definition) is 2. The maximum Gasteiger partial charge on any atom is 0.472 e.